The van der Waals surface area contributed by atoms with Crippen LogP contribution in [0, 0.1) is 23.7 Å². The molecule has 0 saturated heterocycles. The maximum Gasteiger partial charge on any atom is 0.472 e. The number of aliphatic hydroxyl groups excluding tert-OH is 1. The summed E-state index contributed by atoms with van der Waals surface area (Å²) in [5.74, 6) is 0.841. The van der Waals surface area contributed by atoms with Crippen LogP contribution < -0.4 is 0 Å². The Hall–Kier alpha value is -1.94. The van der Waals surface area contributed by atoms with Gasteiger partial charge in [-0.15, -0.1) is 0 Å². The minimum absolute atomic E-state index is 0.104. The molecule has 0 radical (unpaired) electrons. The van der Waals surface area contributed by atoms with E-state index < -0.39 is 97.5 Å². The number of hydrogen-bond donors (Lipinski definition) is 3. The summed E-state index contributed by atoms with van der Waals surface area (Å²) in [6.07, 6.45) is 44.6. The Bertz CT molecular complexity index is 1800. The third-order valence-corrected chi connectivity index (χ3v) is 18.5. The standard InChI is InChI=1S/C72H140O17P2/c1-62(2)48-40-32-24-17-14-12-10-9-11-13-15-19-29-38-46-54-71(76)88-68(59-83-70(75)53-45-37-31-23-27-35-43-51-65(7)8)61-87-91(80,81)85-57-66(73)56-84-90(78,79)86-60-67(89-72(77)55-47-39-30-22-21-26-34-42-50-64(5)6)58-82-69(74)52-44-36-28-20-16-18-25-33-41-49-63(3)4/h62-68,73H,9-61H2,1-8H3,(H,78,79)(H,80,81)/t66?,67-,68-/m1/s1. The first-order valence-electron chi connectivity index (χ1n) is 37.2. The van der Waals surface area contributed by atoms with Crippen molar-refractivity contribution in [1.82, 2.24) is 0 Å². The first-order valence-corrected chi connectivity index (χ1v) is 40.2. The second-order valence-electron chi connectivity index (χ2n) is 27.9. The summed E-state index contributed by atoms with van der Waals surface area (Å²) in [6, 6.07) is 0. The maximum atomic E-state index is 13.0. The van der Waals surface area contributed by atoms with E-state index in [-0.39, 0.29) is 25.7 Å². The second kappa shape index (κ2) is 61.6. The van der Waals surface area contributed by atoms with Crippen molar-refractivity contribution in [1.29, 1.82) is 0 Å². The van der Waals surface area contributed by atoms with Gasteiger partial charge >= 0.3 is 39.5 Å². The molecule has 0 fully saturated rings. The van der Waals surface area contributed by atoms with Crippen molar-refractivity contribution in [2.45, 2.75) is 375 Å². The summed E-state index contributed by atoms with van der Waals surface area (Å²) in [5, 5.41) is 10.6. The molecule has 0 aliphatic carbocycles. The molecule has 19 heteroatoms. The van der Waals surface area contributed by atoms with Crippen LogP contribution in [0.3, 0.4) is 0 Å². The van der Waals surface area contributed by atoms with Gasteiger partial charge in [-0.3, -0.25) is 37.3 Å². The summed E-state index contributed by atoms with van der Waals surface area (Å²) in [5.41, 5.74) is 0. The number of aliphatic hydroxyl groups is 1. The molecule has 0 spiro atoms. The van der Waals surface area contributed by atoms with Crippen molar-refractivity contribution in [3.05, 3.63) is 0 Å². The van der Waals surface area contributed by atoms with Crippen LogP contribution in [-0.4, -0.2) is 96.7 Å². The van der Waals surface area contributed by atoms with Crippen molar-refractivity contribution in [3.63, 3.8) is 0 Å². The molecular formula is C72H140O17P2. The van der Waals surface area contributed by atoms with Gasteiger partial charge in [0.1, 0.15) is 19.3 Å². The fourth-order valence-electron chi connectivity index (χ4n) is 10.8. The number of rotatable bonds is 69. The fourth-order valence-corrected chi connectivity index (χ4v) is 12.4. The van der Waals surface area contributed by atoms with Gasteiger partial charge in [0.25, 0.3) is 0 Å². The number of carbonyl (C=O) groups excluding carboxylic acids is 4. The number of unbranched alkanes of at least 4 members (excludes halogenated alkanes) is 35. The summed E-state index contributed by atoms with van der Waals surface area (Å²) in [6.45, 7) is 14.1. The van der Waals surface area contributed by atoms with Crippen molar-refractivity contribution < 1.29 is 80.2 Å². The van der Waals surface area contributed by atoms with E-state index in [0.717, 1.165) is 114 Å². The van der Waals surface area contributed by atoms with Gasteiger partial charge < -0.3 is 33.8 Å². The van der Waals surface area contributed by atoms with E-state index in [2.05, 4.69) is 55.4 Å². The molecule has 0 aromatic heterocycles. The first kappa shape index (κ1) is 89.1. The first-order chi connectivity index (χ1) is 43.6. The zero-order valence-corrected chi connectivity index (χ0v) is 61.3. The maximum absolute atomic E-state index is 13.0. The predicted molar refractivity (Wildman–Crippen MR) is 367 cm³/mol. The molecule has 3 N–H and O–H groups in total. The van der Waals surface area contributed by atoms with Crippen LogP contribution in [0.5, 0.6) is 0 Å². The van der Waals surface area contributed by atoms with E-state index in [9.17, 15) is 43.2 Å². The van der Waals surface area contributed by atoms with Gasteiger partial charge in [-0.25, -0.2) is 9.13 Å². The zero-order valence-electron chi connectivity index (χ0n) is 59.5. The summed E-state index contributed by atoms with van der Waals surface area (Å²) in [7, 11) is -9.90. The molecule has 0 bridgehead atoms. The predicted octanol–water partition coefficient (Wildman–Crippen LogP) is 20.5. The van der Waals surface area contributed by atoms with Crippen LogP contribution in [0.25, 0.3) is 0 Å². The molecule has 0 aromatic carbocycles. The van der Waals surface area contributed by atoms with Gasteiger partial charge in [-0.1, -0.05) is 306 Å². The van der Waals surface area contributed by atoms with Crippen molar-refractivity contribution in [2.75, 3.05) is 39.6 Å². The number of esters is 4. The minimum atomic E-state index is -4.95. The largest absolute Gasteiger partial charge is 0.472 e. The third-order valence-electron chi connectivity index (χ3n) is 16.6. The van der Waals surface area contributed by atoms with Crippen molar-refractivity contribution >= 4 is 39.5 Å². The number of phosphoric ester groups is 2. The average molecular weight is 1340 g/mol. The van der Waals surface area contributed by atoms with E-state index in [1.807, 2.05) is 0 Å². The van der Waals surface area contributed by atoms with Gasteiger partial charge in [0.05, 0.1) is 26.4 Å². The normalized spacial score (nSPS) is 14.2. The summed E-state index contributed by atoms with van der Waals surface area (Å²) >= 11 is 0. The Kier molecular flexibility index (Phi) is 60.3. The highest BCUT2D eigenvalue weighted by molar-refractivity contribution is 7.47. The van der Waals surface area contributed by atoms with E-state index in [1.165, 1.54) is 154 Å². The molecule has 5 atom stereocenters. The minimum Gasteiger partial charge on any atom is -0.462 e. The highest BCUT2D eigenvalue weighted by atomic mass is 31.2. The molecule has 0 saturated carbocycles. The summed E-state index contributed by atoms with van der Waals surface area (Å²) < 4.78 is 68.3. The Balaban J connectivity index is 5.22. The van der Waals surface area contributed by atoms with Crippen LogP contribution >= 0.6 is 15.6 Å². The van der Waals surface area contributed by atoms with E-state index in [0.29, 0.717) is 31.6 Å². The van der Waals surface area contributed by atoms with Gasteiger partial charge in [0.2, 0.25) is 0 Å². The second-order valence-corrected chi connectivity index (χ2v) is 30.8. The highest BCUT2D eigenvalue weighted by Crippen LogP contribution is 2.45. The average Bonchev–Trinajstić information content (AvgIpc) is 3.71. The number of hydrogen-bond acceptors (Lipinski definition) is 15. The van der Waals surface area contributed by atoms with Gasteiger partial charge in [0, 0.05) is 25.7 Å². The lowest BCUT2D eigenvalue weighted by molar-refractivity contribution is -0.161. The monoisotopic (exact) mass is 1340 g/mol. The lowest BCUT2D eigenvalue weighted by Gasteiger charge is -2.21. The van der Waals surface area contributed by atoms with Crippen LogP contribution in [0.4, 0.5) is 0 Å². The molecule has 540 valence electrons. The highest BCUT2D eigenvalue weighted by Gasteiger charge is 2.30. The van der Waals surface area contributed by atoms with Crippen LogP contribution in [0.2, 0.25) is 0 Å². The number of phosphoric acid groups is 2. The molecule has 0 aliphatic heterocycles. The topological polar surface area (TPSA) is 237 Å². The molecule has 0 rings (SSSR count). The number of ether oxygens (including phenoxy) is 4. The van der Waals surface area contributed by atoms with Gasteiger partial charge in [0.15, 0.2) is 12.2 Å². The lowest BCUT2D eigenvalue weighted by atomic mass is 10.0. The molecule has 91 heavy (non-hydrogen) atoms. The molecule has 17 nitrogen and oxygen atoms in total. The van der Waals surface area contributed by atoms with E-state index in [1.54, 1.807) is 0 Å². The third kappa shape index (κ3) is 66.5. The molecule has 0 heterocycles. The molecule has 0 aromatic rings. The Morgan fingerprint density at radius 3 is 0.681 bits per heavy atom. The molecule has 3 unspecified atom stereocenters. The van der Waals surface area contributed by atoms with Gasteiger partial charge in [-0.05, 0) is 49.4 Å². The Morgan fingerprint density at radius 2 is 0.462 bits per heavy atom. The van der Waals surface area contributed by atoms with Crippen LogP contribution in [0.1, 0.15) is 357 Å². The Morgan fingerprint density at radius 1 is 0.275 bits per heavy atom. The van der Waals surface area contributed by atoms with E-state index >= 15 is 0 Å². The van der Waals surface area contributed by atoms with Crippen LogP contribution in [-0.2, 0) is 65.4 Å². The lowest BCUT2D eigenvalue weighted by Crippen LogP contribution is -2.30. The quantitative estimate of drug-likeness (QED) is 0.0222. The summed E-state index contributed by atoms with van der Waals surface area (Å²) in [4.78, 5) is 72.6. The zero-order chi connectivity index (χ0) is 67.5. The van der Waals surface area contributed by atoms with Crippen LogP contribution in [0.15, 0.2) is 0 Å². The molecule has 0 amide bonds. The van der Waals surface area contributed by atoms with Crippen molar-refractivity contribution in [2.24, 2.45) is 23.7 Å². The molecular weight excluding hydrogens is 1200 g/mol. The fraction of sp³-hybridized carbons (Fsp3) is 0.944. The number of carbonyl (C=O) groups is 4. The Labute approximate surface area is 556 Å². The molecule has 0 aliphatic rings. The SMILES string of the molecule is CC(C)CCCCCCCCCCCCCCCCCC(=O)O[C@H](COC(=O)CCCCCCCCCC(C)C)COP(=O)(O)OCC(O)COP(=O)(O)OC[C@@H](COC(=O)CCCCCCCCCCCC(C)C)OC(=O)CCCCCCCCCCC(C)C. The van der Waals surface area contributed by atoms with Gasteiger partial charge in [-0.2, -0.15) is 0 Å². The smallest absolute Gasteiger partial charge is 0.462 e. The van der Waals surface area contributed by atoms with E-state index in [4.69, 9.17) is 37.0 Å². The van der Waals surface area contributed by atoms with Crippen molar-refractivity contribution in [3.8, 4) is 0 Å².